The Morgan fingerprint density at radius 1 is 1.21 bits per heavy atom. The summed E-state index contributed by atoms with van der Waals surface area (Å²) in [5, 5.41) is 18.4. The number of carbonyl (C=O) groups is 1. The zero-order valence-corrected chi connectivity index (χ0v) is 31.1. The average molecular weight is 696 g/mol. The monoisotopic (exact) mass is 695 g/mol. The fraction of sp³-hybridized carbons (Fsp3) is 0.559. The van der Waals surface area contributed by atoms with Crippen molar-refractivity contribution in [2.75, 3.05) is 43.2 Å². The Hall–Kier alpha value is -3.54. The fourth-order valence-corrected chi connectivity index (χ4v) is 6.75. The minimum absolute atomic E-state index is 0.00349. The molecule has 2 aliphatic heterocycles. The molecule has 48 heavy (non-hydrogen) atoms. The molecule has 0 bridgehead atoms. The van der Waals surface area contributed by atoms with Crippen LogP contribution in [0.3, 0.4) is 0 Å². The van der Waals surface area contributed by atoms with Crippen LogP contribution in [0.4, 0.5) is 22.2 Å². The maximum Gasteiger partial charge on any atom is 0.414 e. The van der Waals surface area contributed by atoms with E-state index in [0.717, 1.165) is 5.56 Å². The molecular weight excluding hydrogens is 650 g/mol. The molecule has 0 aliphatic carbocycles. The van der Waals surface area contributed by atoms with Crippen molar-refractivity contribution in [3.8, 4) is 17.3 Å². The summed E-state index contributed by atoms with van der Waals surface area (Å²) in [6, 6.07) is 9.58. The molecule has 1 fully saturated rings. The third kappa shape index (κ3) is 7.84. The van der Waals surface area contributed by atoms with Gasteiger partial charge in [0.2, 0.25) is 5.95 Å². The maximum atomic E-state index is 13.6. The van der Waals surface area contributed by atoms with Crippen molar-refractivity contribution in [2.24, 2.45) is 0 Å². The smallest absolute Gasteiger partial charge is 0.414 e. The number of amides is 1. The number of hydrogen-bond acceptors (Lipinski definition) is 10. The molecule has 3 aromatic rings. The first-order chi connectivity index (χ1) is 22.4. The van der Waals surface area contributed by atoms with Crippen molar-refractivity contribution >= 4 is 43.5 Å². The van der Waals surface area contributed by atoms with Gasteiger partial charge in [-0.25, -0.2) is 19.4 Å². The van der Waals surface area contributed by atoms with Gasteiger partial charge >= 0.3 is 6.09 Å². The van der Waals surface area contributed by atoms with Gasteiger partial charge in [0.25, 0.3) is 0 Å². The van der Waals surface area contributed by atoms with Gasteiger partial charge in [-0.2, -0.15) is 10.4 Å². The summed E-state index contributed by atoms with van der Waals surface area (Å²) in [5.74, 6) is 0.922. The van der Waals surface area contributed by atoms with Crippen LogP contribution in [0.1, 0.15) is 59.6 Å². The van der Waals surface area contributed by atoms with Crippen molar-refractivity contribution in [3.63, 3.8) is 0 Å². The Morgan fingerprint density at radius 2 is 1.96 bits per heavy atom. The molecular formula is C34H46ClN7O5Si. The predicted molar refractivity (Wildman–Crippen MR) is 187 cm³/mol. The normalized spacial score (nSPS) is 19.9. The van der Waals surface area contributed by atoms with E-state index in [1.165, 1.54) is 0 Å². The summed E-state index contributed by atoms with van der Waals surface area (Å²) < 4.78 is 25.6. The van der Waals surface area contributed by atoms with Gasteiger partial charge in [-0.1, -0.05) is 39.3 Å². The Balaban J connectivity index is 1.51. The highest BCUT2D eigenvalue weighted by atomic mass is 35.5. The van der Waals surface area contributed by atoms with Crippen molar-refractivity contribution < 1.29 is 23.4 Å². The summed E-state index contributed by atoms with van der Waals surface area (Å²) in [5.41, 5.74) is 1.69. The number of benzene rings is 1. The van der Waals surface area contributed by atoms with Crippen LogP contribution in [0, 0.1) is 11.3 Å². The lowest BCUT2D eigenvalue weighted by atomic mass is 9.83. The Bertz CT molecular complexity index is 1700. The zero-order chi connectivity index (χ0) is 35.1. The third-order valence-corrected chi connectivity index (χ3v) is 13.7. The number of nitrogens with zero attached hydrogens (tertiary/aromatic N) is 6. The van der Waals surface area contributed by atoms with E-state index in [4.69, 9.17) is 35.2 Å². The Kier molecular flexibility index (Phi) is 9.98. The van der Waals surface area contributed by atoms with Crippen LogP contribution in [0.2, 0.25) is 23.3 Å². The highest BCUT2D eigenvalue weighted by Crippen LogP contribution is 2.47. The minimum Gasteiger partial charge on any atom is -0.443 e. The molecule has 0 radical (unpaired) electrons. The summed E-state index contributed by atoms with van der Waals surface area (Å²) in [4.78, 5) is 24.4. The van der Waals surface area contributed by atoms with Gasteiger partial charge < -0.3 is 24.0 Å². The Morgan fingerprint density at radius 3 is 2.60 bits per heavy atom. The third-order valence-electron chi connectivity index (χ3n) is 9.03. The van der Waals surface area contributed by atoms with Crippen molar-refractivity contribution in [3.05, 3.63) is 46.7 Å². The Labute approximate surface area is 288 Å². The lowest BCUT2D eigenvalue weighted by Gasteiger charge is -2.39. The van der Waals surface area contributed by atoms with Crippen LogP contribution in [0.5, 0.6) is 0 Å². The molecule has 4 heterocycles. The molecule has 12 nitrogen and oxygen atoms in total. The number of carbonyl (C=O) groups excluding carboxylic acids is 1. The van der Waals surface area contributed by atoms with Gasteiger partial charge in [0.1, 0.15) is 23.6 Å². The van der Waals surface area contributed by atoms with Crippen LogP contribution in [-0.2, 0) is 30.6 Å². The van der Waals surface area contributed by atoms with Gasteiger partial charge in [-0.15, -0.1) is 0 Å². The van der Waals surface area contributed by atoms with Crippen molar-refractivity contribution in [1.29, 1.82) is 5.26 Å². The maximum absolute atomic E-state index is 13.6. The number of nitrogens with one attached hydrogen (secondary N) is 1. The molecule has 1 N–H and O–H groups in total. The van der Waals surface area contributed by atoms with E-state index in [2.05, 4.69) is 62.3 Å². The number of fused-ring (bicyclic) bond motifs is 1. The molecule has 1 aromatic carbocycles. The number of anilines is 3. The second-order valence-electron chi connectivity index (χ2n) is 15.2. The SMILES string of the molecule is CC(C)(C)OC(=O)N1C[C@](C)(CO[Si](C)(C)C(C)(C)C)c2cc(-c3ccnc(Nc4cc(Cl)nn4C[C@@H]4COCCO4)n3)cc(C#N)c21. The highest BCUT2D eigenvalue weighted by molar-refractivity contribution is 6.74. The van der Waals surface area contributed by atoms with Crippen LogP contribution >= 0.6 is 11.6 Å². The van der Waals surface area contributed by atoms with Gasteiger partial charge in [0.15, 0.2) is 13.5 Å². The number of aromatic nitrogens is 4. The summed E-state index contributed by atoms with van der Waals surface area (Å²) in [7, 11) is -2.15. The van der Waals surface area contributed by atoms with E-state index < -0.39 is 25.4 Å². The first-order valence-corrected chi connectivity index (χ1v) is 19.4. The lowest BCUT2D eigenvalue weighted by molar-refractivity contribution is -0.0944. The molecule has 0 unspecified atom stereocenters. The first kappa shape index (κ1) is 35.8. The summed E-state index contributed by atoms with van der Waals surface area (Å²) >= 11 is 6.28. The zero-order valence-electron chi connectivity index (χ0n) is 29.3. The molecule has 1 saturated heterocycles. The van der Waals surface area contributed by atoms with Gasteiger partial charge in [0, 0.05) is 36.4 Å². The first-order valence-electron chi connectivity index (χ1n) is 16.2. The minimum atomic E-state index is -2.15. The summed E-state index contributed by atoms with van der Waals surface area (Å²) in [6.07, 6.45) is 0.989. The van der Waals surface area contributed by atoms with E-state index in [-0.39, 0.29) is 11.1 Å². The number of ether oxygens (including phenoxy) is 3. The largest absolute Gasteiger partial charge is 0.443 e. The number of hydrogen-bond donors (Lipinski definition) is 1. The highest BCUT2D eigenvalue weighted by Gasteiger charge is 2.47. The van der Waals surface area contributed by atoms with Crippen molar-refractivity contribution in [1.82, 2.24) is 19.7 Å². The van der Waals surface area contributed by atoms with E-state index >= 15 is 0 Å². The molecule has 2 atom stereocenters. The van der Waals surface area contributed by atoms with Gasteiger partial charge in [-0.05, 0) is 62.7 Å². The van der Waals surface area contributed by atoms with Crippen molar-refractivity contribution in [2.45, 2.75) is 90.3 Å². The molecule has 5 rings (SSSR count). The van der Waals surface area contributed by atoms with Gasteiger partial charge in [0.05, 0.1) is 43.3 Å². The molecule has 258 valence electrons. The second-order valence-corrected chi connectivity index (χ2v) is 20.4. The topological polar surface area (TPSA) is 137 Å². The number of nitriles is 1. The summed E-state index contributed by atoms with van der Waals surface area (Å²) in [6.45, 7) is 21.3. The molecule has 0 saturated carbocycles. The molecule has 1 amide bonds. The van der Waals surface area contributed by atoms with Crippen LogP contribution in [0.25, 0.3) is 11.3 Å². The predicted octanol–water partition coefficient (Wildman–Crippen LogP) is 7.06. The molecule has 2 aliphatic rings. The van der Waals surface area contributed by atoms with E-state index in [1.807, 2.05) is 26.8 Å². The number of halogens is 1. The van der Waals surface area contributed by atoms with Crippen LogP contribution in [-0.4, -0.2) is 78.8 Å². The molecule has 2 aromatic heterocycles. The second kappa shape index (κ2) is 13.4. The average Bonchev–Trinajstić information content (AvgIpc) is 3.50. The molecule has 0 spiro atoms. The standard InChI is InChI=1S/C34H46ClN7O5Si/c1-32(2,3)47-31(43)41-20-34(7,21-46-48(8,9)33(4,5)6)25-15-22(14-23(17-36)29(25)41)26-10-11-37-30(38-26)39-28-16-27(35)40-42(28)18-24-19-44-12-13-45-24/h10-11,14-16,24H,12-13,18-21H2,1-9H3,(H,37,38,39)/t24-,34-/m1/s1. The van der Waals surface area contributed by atoms with Gasteiger partial charge in [-0.3, -0.25) is 4.90 Å². The van der Waals surface area contributed by atoms with E-state index in [9.17, 15) is 10.1 Å². The number of rotatable bonds is 8. The fourth-order valence-electron chi connectivity index (χ4n) is 5.44. The van der Waals surface area contributed by atoms with Crippen LogP contribution < -0.4 is 10.2 Å². The van der Waals surface area contributed by atoms with E-state index in [0.29, 0.717) is 78.9 Å². The quantitative estimate of drug-likeness (QED) is 0.244. The van der Waals surface area contributed by atoms with E-state index in [1.54, 1.807) is 34.0 Å². The lowest BCUT2D eigenvalue weighted by Crippen LogP contribution is -2.46. The van der Waals surface area contributed by atoms with Crippen LogP contribution in [0.15, 0.2) is 30.5 Å². The molecule has 14 heteroatoms.